The Kier molecular flexibility index (Phi) is 6.00. The summed E-state index contributed by atoms with van der Waals surface area (Å²) in [6.07, 6.45) is 3.42. The molecular weight excluding hydrogens is 386 g/mol. The van der Waals surface area contributed by atoms with Gasteiger partial charge in [-0.05, 0) is 46.2 Å². The zero-order chi connectivity index (χ0) is 21.9. The van der Waals surface area contributed by atoms with Gasteiger partial charge >= 0.3 is 12.0 Å². The second kappa shape index (κ2) is 8.48. The van der Waals surface area contributed by atoms with E-state index in [1.54, 1.807) is 32.3 Å². The first-order valence-corrected chi connectivity index (χ1v) is 9.54. The summed E-state index contributed by atoms with van der Waals surface area (Å²) in [5, 5.41) is 16.0. The van der Waals surface area contributed by atoms with Gasteiger partial charge in [0.05, 0.1) is 11.5 Å². The molecule has 9 nitrogen and oxygen atoms in total. The molecular formula is C21H25N5O4. The van der Waals surface area contributed by atoms with Crippen molar-refractivity contribution in [3.63, 3.8) is 0 Å². The fourth-order valence-corrected chi connectivity index (χ4v) is 2.55. The molecule has 158 valence electrons. The quantitative estimate of drug-likeness (QED) is 0.577. The van der Waals surface area contributed by atoms with E-state index in [4.69, 9.17) is 9.47 Å². The maximum Gasteiger partial charge on any atom is 0.336 e. The Morgan fingerprint density at radius 2 is 2.00 bits per heavy atom. The molecule has 3 aromatic heterocycles. The Labute approximate surface area is 174 Å². The second-order valence-electron chi connectivity index (χ2n) is 7.88. The highest BCUT2D eigenvalue weighted by molar-refractivity contribution is 5.73. The zero-order valence-corrected chi connectivity index (χ0v) is 17.6. The SMILES string of the molecule is Cc1cc(OCC(C)(C)C(=O)O)ncc1-c1ccc(-c2nc(OC(C)C)n[nH]2)nc1. The molecule has 0 spiro atoms. The van der Waals surface area contributed by atoms with Gasteiger partial charge in [0, 0.05) is 29.6 Å². The Bertz CT molecular complexity index is 1030. The molecule has 0 aromatic carbocycles. The van der Waals surface area contributed by atoms with Gasteiger partial charge in [-0.15, -0.1) is 5.10 Å². The molecule has 3 heterocycles. The Morgan fingerprint density at radius 3 is 2.60 bits per heavy atom. The molecule has 0 amide bonds. The number of pyridine rings is 2. The number of rotatable bonds is 8. The average Bonchev–Trinajstić information content (AvgIpc) is 3.14. The fraction of sp³-hybridized carbons (Fsp3) is 0.381. The molecule has 0 radical (unpaired) electrons. The third kappa shape index (κ3) is 4.91. The number of carboxylic acid groups (broad SMARTS) is 1. The van der Waals surface area contributed by atoms with E-state index in [2.05, 4.69) is 25.1 Å². The summed E-state index contributed by atoms with van der Waals surface area (Å²) in [4.78, 5) is 24.2. The van der Waals surface area contributed by atoms with E-state index in [-0.39, 0.29) is 18.7 Å². The van der Waals surface area contributed by atoms with E-state index in [1.165, 1.54) is 0 Å². The van der Waals surface area contributed by atoms with Crippen molar-refractivity contribution in [3.8, 4) is 34.5 Å². The van der Waals surface area contributed by atoms with Crippen molar-refractivity contribution >= 4 is 5.97 Å². The predicted octanol–water partition coefficient (Wildman–Crippen LogP) is 3.51. The van der Waals surface area contributed by atoms with Crippen LogP contribution >= 0.6 is 0 Å². The number of aryl methyl sites for hydroxylation is 1. The monoisotopic (exact) mass is 411 g/mol. The number of hydrogen-bond acceptors (Lipinski definition) is 7. The van der Waals surface area contributed by atoms with Crippen LogP contribution in [0.3, 0.4) is 0 Å². The van der Waals surface area contributed by atoms with Crippen molar-refractivity contribution in [1.29, 1.82) is 0 Å². The largest absolute Gasteiger partial charge is 0.481 e. The molecule has 9 heteroatoms. The van der Waals surface area contributed by atoms with Crippen molar-refractivity contribution in [2.75, 3.05) is 6.61 Å². The number of aromatic nitrogens is 5. The summed E-state index contributed by atoms with van der Waals surface area (Å²) in [6.45, 7) is 8.99. The number of ether oxygens (including phenoxy) is 2. The number of nitrogens with zero attached hydrogens (tertiary/aromatic N) is 4. The van der Waals surface area contributed by atoms with Crippen LogP contribution in [0.15, 0.2) is 30.6 Å². The molecule has 0 unspecified atom stereocenters. The van der Waals surface area contributed by atoms with Gasteiger partial charge in [0.2, 0.25) is 5.88 Å². The molecule has 0 saturated carbocycles. The van der Waals surface area contributed by atoms with Gasteiger partial charge in [-0.25, -0.2) is 4.98 Å². The van der Waals surface area contributed by atoms with Gasteiger partial charge in [0.25, 0.3) is 0 Å². The Hall–Kier alpha value is -3.49. The van der Waals surface area contributed by atoms with Crippen molar-refractivity contribution in [2.45, 2.75) is 40.7 Å². The van der Waals surface area contributed by atoms with Crippen LogP contribution in [0.1, 0.15) is 33.3 Å². The molecule has 0 atom stereocenters. The minimum atomic E-state index is -0.991. The third-order valence-electron chi connectivity index (χ3n) is 4.37. The fourth-order valence-electron chi connectivity index (χ4n) is 2.55. The van der Waals surface area contributed by atoms with Crippen LogP contribution in [0.2, 0.25) is 0 Å². The lowest BCUT2D eigenvalue weighted by atomic mass is 9.95. The minimum absolute atomic E-state index is 0.0124. The molecule has 0 bridgehead atoms. The molecule has 2 N–H and O–H groups in total. The topological polar surface area (TPSA) is 123 Å². The smallest absolute Gasteiger partial charge is 0.336 e. The van der Waals surface area contributed by atoms with Crippen LogP contribution in [0.4, 0.5) is 0 Å². The summed E-state index contributed by atoms with van der Waals surface area (Å²) in [6, 6.07) is 5.83. The lowest BCUT2D eigenvalue weighted by Crippen LogP contribution is -2.30. The van der Waals surface area contributed by atoms with E-state index in [1.807, 2.05) is 32.9 Å². The van der Waals surface area contributed by atoms with Crippen LogP contribution in [0.25, 0.3) is 22.6 Å². The number of aromatic amines is 1. The van der Waals surface area contributed by atoms with Gasteiger partial charge in [-0.2, -0.15) is 4.98 Å². The van der Waals surface area contributed by atoms with E-state index in [0.717, 1.165) is 16.7 Å². The number of H-pyrrole nitrogens is 1. The molecule has 0 aliphatic rings. The first kappa shape index (κ1) is 21.2. The predicted molar refractivity (Wildman–Crippen MR) is 110 cm³/mol. The van der Waals surface area contributed by atoms with Crippen molar-refractivity contribution < 1.29 is 19.4 Å². The van der Waals surface area contributed by atoms with Crippen molar-refractivity contribution in [3.05, 3.63) is 36.2 Å². The van der Waals surface area contributed by atoms with Gasteiger partial charge in [0.15, 0.2) is 5.82 Å². The van der Waals surface area contributed by atoms with Crippen molar-refractivity contribution in [1.82, 2.24) is 25.1 Å². The third-order valence-corrected chi connectivity index (χ3v) is 4.37. The Morgan fingerprint density at radius 1 is 1.23 bits per heavy atom. The number of aliphatic carboxylic acids is 1. The highest BCUT2D eigenvalue weighted by atomic mass is 16.5. The number of carboxylic acids is 1. The summed E-state index contributed by atoms with van der Waals surface area (Å²) in [5.41, 5.74) is 2.38. The van der Waals surface area contributed by atoms with Crippen LogP contribution in [0.5, 0.6) is 11.9 Å². The van der Waals surface area contributed by atoms with Crippen molar-refractivity contribution in [2.24, 2.45) is 5.41 Å². The normalized spacial score (nSPS) is 11.5. The second-order valence-corrected chi connectivity index (χ2v) is 7.88. The summed E-state index contributed by atoms with van der Waals surface area (Å²) < 4.78 is 11.0. The summed E-state index contributed by atoms with van der Waals surface area (Å²) in [5.74, 6) is -0.0111. The molecule has 0 aliphatic heterocycles. The molecule has 0 aliphatic carbocycles. The highest BCUT2D eigenvalue weighted by Crippen LogP contribution is 2.27. The molecule has 0 saturated heterocycles. The zero-order valence-electron chi connectivity index (χ0n) is 17.6. The van der Waals surface area contributed by atoms with Crippen LogP contribution < -0.4 is 9.47 Å². The molecule has 30 heavy (non-hydrogen) atoms. The lowest BCUT2D eigenvalue weighted by Gasteiger charge is -2.19. The minimum Gasteiger partial charge on any atom is -0.481 e. The van der Waals surface area contributed by atoms with Crippen LogP contribution in [0, 0.1) is 12.3 Å². The van der Waals surface area contributed by atoms with Gasteiger partial charge in [-0.1, -0.05) is 6.07 Å². The number of hydrogen-bond donors (Lipinski definition) is 2. The van der Waals surface area contributed by atoms with E-state index < -0.39 is 11.4 Å². The lowest BCUT2D eigenvalue weighted by molar-refractivity contribution is -0.148. The molecule has 0 fully saturated rings. The standard InChI is InChI=1S/C21H25N5O4/c1-12(2)30-20-24-18(25-26-20)16-7-6-14(9-22-16)15-10-23-17(8-13(15)3)29-11-21(4,5)19(27)28/h6-10,12H,11H2,1-5H3,(H,27,28)(H,24,25,26). The summed E-state index contributed by atoms with van der Waals surface area (Å²) >= 11 is 0. The Balaban J connectivity index is 1.73. The first-order chi connectivity index (χ1) is 14.2. The first-order valence-electron chi connectivity index (χ1n) is 9.54. The summed E-state index contributed by atoms with van der Waals surface area (Å²) in [7, 11) is 0. The van der Waals surface area contributed by atoms with E-state index in [0.29, 0.717) is 17.4 Å². The van der Waals surface area contributed by atoms with Gasteiger partial charge in [0.1, 0.15) is 12.3 Å². The van der Waals surface area contributed by atoms with Gasteiger partial charge in [-0.3, -0.25) is 14.9 Å². The van der Waals surface area contributed by atoms with Crippen LogP contribution in [-0.4, -0.2) is 48.9 Å². The number of carbonyl (C=O) groups is 1. The molecule has 3 rings (SSSR count). The maximum absolute atomic E-state index is 11.2. The highest BCUT2D eigenvalue weighted by Gasteiger charge is 2.28. The van der Waals surface area contributed by atoms with Crippen LogP contribution in [-0.2, 0) is 4.79 Å². The number of nitrogens with one attached hydrogen (secondary N) is 1. The maximum atomic E-state index is 11.2. The average molecular weight is 411 g/mol. The van der Waals surface area contributed by atoms with E-state index in [9.17, 15) is 9.90 Å². The van der Waals surface area contributed by atoms with Gasteiger partial charge < -0.3 is 14.6 Å². The molecule has 3 aromatic rings. The van der Waals surface area contributed by atoms with E-state index >= 15 is 0 Å².